The highest BCUT2D eigenvalue weighted by Gasteiger charge is 2.45. The molecule has 0 bridgehead atoms. The Morgan fingerprint density at radius 1 is 0.879 bits per heavy atom. The summed E-state index contributed by atoms with van der Waals surface area (Å²) in [7, 11) is -2.47. The number of ether oxygens (including phenoxy) is 3. The molecule has 15 nitrogen and oxygen atoms in total. The molecule has 3 aromatic heterocycles. The summed E-state index contributed by atoms with van der Waals surface area (Å²) >= 11 is 0. The Bertz CT molecular complexity index is 2900. The first-order valence-electron chi connectivity index (χ1n) is 23.2. The number of carbonyl (C=O) groups is 1. The molecule has 6 aromatic rings. The third-order valence-corrected chi connectivity index (χ3v) is 15.4. The number of piperidine rings is 1. The van der Waals surface area contributed by atoms with Gasteiger partial charge in [-0.15, -0.1) is 0 Å². The minimum absolute atomic E-state index is 0.00986. The number of carboxylic acid groups (broad SMARTS) is 1. The molecule has 0 spiro atoms. The molecular weight excluding hydrogens is 859 g/mol. The third-order valence-electron chi connectivity index (χ3n) is 13.7. The Balaban J connectivity index is 1.08. The maximum Gasteiger partial charge on any atom is 0.407 e. The molecule has 1 amide bonds. The van der Waals surface area contributed by atoms with Gasteiger partial charge < -0.3 is 33.7 Å². The second kappa shape index (κ2) is 18.2. The van der Waals surface area contributed by atoms with Crippen LogP contribution in [0.5, 0.6) is 0 Å². The maximum atomic E-state index is 14.1. The molecule has 10 rings (SSSR count). The van der Waals surface area contributed by atoms with Crippen LogP contribution in [0.2, 0.25) is 0 Å². The number of anilines is 1. The quantitative estimate of drug-likeness (QED) is 0.127. The summed E-state index contributed by atoms with van der Waals surface area (Å²) < 4.78 is 50.9. The molecule has 3 aromatic carbocycles. The number of pyridine rings is 1. The Morgan fingerprint density at radius 3 is 2.33 bits per heavy atom. The molecule has 4 aliphatic rings. The van der Waals surface area contributed by atoms with E-state index in [1.807, 2.05) is 43.3 Å². The average molecular weight is 916 g/mol. The third kappa shape index (κ3) is 8.72. The van der Waals surface area contributed by atoms with E-state index in [4.69, 9.17) is 24.2 Å². The van der Waals surface area contributed by atoms with E-state index in [0.29, 0.717) is 53.7 Å². The van der Waals surface area contributed by atoms with Crippen LogP contribution in [-0.2, 0) is 36.9 Å². The van der Waals surface area contributed by atoms with Crippen LogP contribution in [-0.4, -0.2) is 119 Å². The first kappa shape index (κ1) is 44.2. The van der Waals surface area contributed by atoms with Crippen LogP contribution in [0.25, 0.3) is 32.9 Å². The second-order valence-electron chi connectivity index (χ2n) is 18.4. The average Bonchev–Trinajstić information content (AvgIpc) is 4.04. The monoisotopic (exact) mass is 915 g/mol. The molecule has 1 N–H and O–H groups in total. The lowest BCUT2D eigenvalue weighted by Crippen LogP contribution is -2.50. The van der Waals surface area contributed by atoms with E-state index in [1.54, 1.807) is 43.6 Å². The van der Waals surface area contributed by atoms with Crippen LogP contribution in [0, 0.1) is 12.8 Å². The molecule has 2 unspecified atom stereocenters. The Hall–Kier alpha value is -5.65. The van der Waals surface area contributed by atoms with Crippen LogP contribution in [0.15, 0.2) is 101 Å². The standard InChI is InChI=1S/C50H57N7O8S/c1-34-11-16-39(17-12-34)66(61,62)57-24-21-40-42(32-53(2)47(58)45(40)57)36-13-18-43-41(30-36)46(50(65-38-14-15-38,37-8-4-3-5-9-37)33-64-44-10-6-7-29-63-44)52-48(51-43)55-22-19-35(20-23-55)31-54-25-27-56(28-26-54)49(59)60/h3-5,8-9,11-13,16-18,21,24,30,32,35,38,44H,6-7,10,14-15,19-20,22-23,25-29,31,33H2,1-2H3,(H,59,60). The number of benzene rings is 3. The number of piperazine rings is 1. The number of nitrogens with zero attached hydrogens (tertiary/aromatic N) is 7. The van der Waals surface area contributed by atoms with Gasteiger partial charge in [-0.25, -0.2) is 27.2 Å². The SMILES string of the molecule is Cc1ccc(S(=O)(=O)n2ccc3c(-c4ccc5nc(N6CCC(CN7CCN(C(=O)O)CC7)CC6)nc(C(COC6CCCCO6)(OC6CC6)c6ccccc6)c5c4)cn(C)c(=O)c32)cc1. The van der Waals surface area contributed by atoms with Crippen molar-refractivity contribution in [2.75, 3.05) is 63.9 Å². The number of hydrogen-bond donors (Lipinski definition) is 1. The number of aryl methyl sites for hydroxylation is 2. The van der Waals surface area contributed by atoms with Crippen LogP contribution in [0.1, 0.15) is 61.8 Å². The minimum Gasteiger partial charge on any atom is -0.465 e. The van der Waals surface area contributed by atoms with Crippen LogP contribution in [0.3, 0.4) is 0 Å². The summed E-state index contributed by atoms with van der Waals surface area (Å²) in [4.78, 5) is 42.5. The zero-order valence-electron chi connectivity index (χ0n) is 37.5. The highest BCUT2D eigenvalue weighted by Crippen LogP contribution is 2.44. The van der Waals surface area contributed by atoms with E-state index >= 15 is 0 Å². The van der Waals surface area contributed by atoms with E-state index < -0.39 is 33.6 Å². The van der Waals surface area contributed by atoms with Crippen molar-refractivity contribution in [1.29, 1.82) is 0 Å². The van der Waals surface area contributed by atoms with Gasteiger partial charge in [0.1, 0.15) is 5.52 Å². The fourth-order valence-electron chi connectivity index (χ4n) is 9.80. The van der Waals surface area contributed by atoms with Crippen molar-refractivity contribution < 1.29 is 32.5 Å². The van der Waals surface area contributed by atoms with E-state index in [2.05, 4.69) is 21.9 Å². The van der Waals surface area contributed by atoms with Gasteiger partial charge in [0, 0.05) is 88.2 Å². The van der Waals surface area contributed by atoms with Gasteiger partial charge in [-0.05, 0) is 99.2 Å². The van der Waals surface area contributed by atoms with Crippen molar-refractivity contribution in [3.63, 3.8) is 0 Å². The molecule has 66 heavy (non-hydrogen) atoms. The van der Waals surface area contributed by atoms with Crippen LogP contribution >= 0.6 is 0 Å². The molecule has 16 heteroatoms. The molecule has 3 saturated heterocycles. The van der Waals surface area contributed by atoms with Gasteiger partial charge in [0.15, 0.2) is 11.9 Å². The van der Waals surface area contributed by atoms with Gasteiger partial charge in [0.2, 0.25) is 5.95 Å². The highest BCUT2D eigenvalue weighted by molar-refractivity contribution is 7.90. The largest absolute Gasteiger partial charge is 0.465 e. The van der Waals surface area contributed by atoms with Crippen LogP contribution in [0.4, 0.5) is 10.7 Å². The fourth-order valence-corrected chi connectivity index (χ4v) is 11.1. The Labute approximate surface area is 384 Å². The summed E-state index contributed by atoms with van der Waals surface area (Å²) in [6.45, 7) is 7.67. The van der Waals surface area contributed by atoms with E-state index in [1.165, 1.54) is 15.7 Å². The maximum absolute atomic E-state index is 14.1. The van der Waals surface area contributed by atoms with Gasteiger partial charge in [0.25, 0.3) is 15.6 Å². The minimum atomic E-state index is -4.11. The van der Waals surface area contributed by atoms with E-state index in [0.717, 1.165) is 104 Å². The topological polar surface area (TPSA) is 162 Å². The molecule has 3 aliphatic heterocycles. The zero-order chi connectivity index (χ0) is 45.6. The number of rotatable bonds is 13. The summed E-state index contributed by atoms with van der Waals surface area (Å²) in [5, 5.41) is 10.7. The van der Waals surface area contributed by atoms with E-state index in [-0.39, 0.29) is 23.1 Å². The first-order chi connectivity index (χ1) is 32.0. The van der Waals surface area contributed by atoms with Crippen molar-refractivity contribution in [1.82, 2.24) is 28.3 Å². The number of fused-ring (bicyclic) bond motifs is 2. The molecular formula is C50H57N7O8S. The van der Waals surface area contributed by atoms with Gasteiger partial charge >= 0.3 is 6.09 Å². The van der Waals surface area contributed by atoms with E-state index in [9.17, 15) is 23.1 Å². The lowest BCUT2D eigenvalue weighted by molar-refractivity contribution is -0.197. The Kier molecular flexibility index (Phi) is 12.2. The number of aromatic nitrogens is 4. The molecule has 6 heterocycles. The number of hydrogen-bond acceptors (Lipinski definition) is 11. The van der Waals surface area contributed by atoms with Gasteiger partial charge in [0.05, 0.1) is 28.8 Å². The van der Waals surface area contributed by atoms with Gasteiger partial charge in [-0.2, -0.15) is 0 Å². The molecule has 1 saturated carbocycles. The summed E-state index contributed by atoms with van der Waals surface area (Å²) in [6.07, 6.45) is 8.45. The normalized spacial score (nSPS) is 19.9. The summed E-state index contributed by atoms with van der Waals surface area (Å²) in [5.41, 5.74) is 3.09. The Morgan fingerprint density at radius 2 is 1.64 bits per heavy atom. The van der Waals surface area contributed by atoms with Gasteiger partial charge in [-0.1, -0.05) is 54.1 Å². The van der Waals surface area contributed by atoms with Crippen molar-refractivity contribution in [2.45, 2.75) is 74.8 Å². The lowest BCUT2D eigenvalue weighted by atomic mass is 9.87. The van der Waals surface area contributed by atoms with Crippen molar-refractivity contribution >= 4 is 43.9 Å². The molecule has 1 aliphatic carbocycles. The molecule has 2 atom stereocenters. The van der Waals surface area contributed by atoms with Crippen molar-refractivity contribution in [3.05, 3.63) is 118 Å². The summed E-state index contributed by atoms with van der Waals surface area (Å²) in [5.74, 6) is 1.07. The first-order valence-corrected chi connectivity index (χ1v) is 24.7. The van der Waals surface area contributed by atoms with Crippen molar-refractivity contribution in [3.8, 4) is 11.1 Å². The number of amides is 1. The fraction of sp³-hybridized carbons (Fsp3) is 0.440. The second-order valence-corrected chi connectivity index (χ2v) is 20.2. The van der Waals surface area contributed by atoms with Gasteiger partial charge in [-0.3, -0.25) is 9.69 Å². The zero-order valence-corrected chi connectivity index (χ0v) is 38.4. The predicted molar refractivity (Wildman–Crippen MR) is 251 cm³/mol. The predicted octanol–water partition coefficient (Wildman–Crippen LogP) is 6.97. The van der Waals surface area contributed by atoms with Crippen molar-refractivity contribution in [2.24, 2.45) is 13.0 Å². The molecule has 4 fully saturated rings. The lowest BCUT2D eigenvalue weighted by Gasteiger charge is -2.39. The summed E-state index contributed by atoms with van der Waals surface area (Å²) in [6, 6.07) is 24.5. The smallest absolute Gasteiger partial charge is 0.407 e. The van der Waals surface area contributed by atoms with Crippen LogP contribution < -0.4 is 10.5 Å². The molecule has 0 radical (unpaired) electrons. The highest BCUT2D eigenvalue weighted by atomic mass is 32.2. The molecule has 346 valence electrons.